The minimum absolute atomic E-state index is 0.0439. The number of aromatic nitrogens is 1. The number of carbonyl (C=O) groups is 4. The van der Waals surface area contributed by atoms with E-state index in [-0.39, 0.29) is 23.4 Å². The van der Waals surface area contributed by atoms with E-state index in [0.29, 0.717) is 22.2 Å². The van der Waals surface area contributed by atoms with Gasteiger partial charge in [0, 0.05) is 29.6 Å². The highest BCUT2D eigenvalue weighted by molar-refractivity contribution is 7.92. The number of fused-ring (bicyclic) bond motifs is 4. The molecule has 0 unspecified atom stereocenters. The number of nitrogens with one attached hydrogen (secondary N) is 1. The molecule has 1 aromatic heterocycles. The first-order chi connectivity index (χ1) is 23.5. The molecule has 3 aromatic carbocycles. The van der Waals surface area contributed by atoms with Crippen LogP contribution in [-0.2, 0) is 50.5 Å². The van der Waals surface area contributed by atoms with Crippen molar-refractivity contribution < 1.29 is 46.5 Å². The molecule has 1 N–H and O–H groups in total. The smallest absolute Gasteiger partial charge is 0.412 e. The van der Waals surface area contributed by atoms with E-state index in [1.807, 2.05) is 22.8 Å². The maximum Gasteiger partial charge on any atom is 0.412 e. The van der Waals surface area contributed by atoms with Crippen molar-refractivity contribution in [1.29, 1.82) is 0 Å². The van der Waals surface area contributed by atoms with Crippen LogP contribution < -0.4 is 9.62 Å². The Bertz CT molecular complexity index is 2050. The number of ether oxygens (including phenoxy) is 4. The number of para-hydroxylation sites is 2. The largest absolute Gasteiger partial charge is 0.467 e. The predicted octanol–water partition coefficient (Wildman–Crippen LogP) is 3.37. The van der Waals surface area contributed by atoms with Crippen molar-refractivity contribution >= 4 is 50.7 Å². The van der Waals surface area contributed by atoms with Gasteiger partial charge in [-0.05, 0) is 35.7 Å². The molecule has 4 aromatic rings. The van der Waals surface area contributed by atoms with E-state index in [1.165, 1.54) is 26.4 Å². The highest BCUT2D eigenvalue weighted by Crippen LogP contribution is 2.58. The molecule has 49 heavy (non-hydrogen) atoms. The van der Waals surface area contributed by atoms with Gasteiger partial charge in [-0.25, -0.2) is 31.9 Å². The van der Waals surface area contributed by atoms with Crippen LogP contribution in [0.4, 0.5) is 15.3 Å². The summed E-state index contributed by atoms with van der Waals surface area (Å²) in [4.78, 5) is 53.8. The Hall–Kier alpha value is -5.57. The van der Waals surface area contributed by atoms with Crippen molar-refractivity contribution in [2.24, 2.45) is 0 Å². The van der Waals surface area contributed by atoms with Crippen molar-refractivity contribution in [1.82, 2.24) is 14.8 Å². The third-order valence-corrected chi connectivity index (χ3v) is 10.9. The number of hydrogen-bond acceptors (Lipinski definition) is 10. The maximum atomic E-state index is 14.8. The van der Waals surface area contributed by atoms with E-state index in [0.717, 1.165) is 23.4 Å². The van der Waals surface area contributed by atoms with Crippen LogP contribution in [-0.4, -0.2) is 88.7 Å². The van der Waals surface area contributed by atoms with Gasteiger partial charge in [0.25, 0.3) is 10.0 Å². The number of hydrogen-bond donors (Lipinski definition) is 1. The molecule has 2 amide bonds. The molecule has 14 nitrogen and oxygen atoms in total. The summed E-state index contributed by atoms with van der Waals surface area (Å²) in [6.07, 6.45) is -3.52. The first-order valence-electron chi connectivity index (χ1n) is 15.2. The Morgan fingerprint density at radius 1 is 0.857 bits per heavy atom. The third-order valence-electron chi connectivity index (χ3n) is 9.08. The number of carbonyl (C=O) groups excluding carboxylic acids is 4. The van der Waals surface area contributed by atoms with E-state index >= 15 is 0 Å². The lowest BCUT2D eigenvalue weighted by Gasteiger charge is -2.39. The number of likely N-dealkylation sites (tertiary alicyclic amines) is 1. The van der Waals surface area contributed by atoms with Crippen molar-refractivity contribution in [2.75, 3.05) is 32.7 Å². The minimum Gasteiger partial charge on any atom is -0.467 e. The van der Waals surface area contributed by atoms with Crippen molar-refractivity contribution in [3.8, 4) is 0 Å². The van der Waals surface area contributed by atoms with Gasteiger partial charge < -0.3 is 28.8 Å². The van der Waals surface area contributed by atoms with Crippen molar-refractivity contribution in [3.05, 3.63) is 96.2 Å². The summed E-state index contributed by atoms with van der Waals surface area (Å²) in [5.74, 6) is -1.54. The maximum absolute atomic E-state index is 14.8. The summed E-state index contributed by atoms with van der Waals surface area (Å²) < 4.78 is 52.7. The average molecular weight is 691 g/mol. The summed E-state index contributed by atoms with van der Waals surface area (Å²) in [5, 5.41) is 3.23. The number of alkyl carbamates (subject to hydrolysis) is 1. The van der Waals surface area contributed by atoms with Crippen LogP contribution in [0.2, 0.25) is 0 Å². The Labute approximate surface area is 282 Å². The third kappa shape index (κ3) is 5.21. The molecule has 4 atom stereocenters. The van der Waals surface area contributed by atoms with Gasteiger partial charge in [-0.3, -0.25) is 4.90 Å². The molecule has 0 saturated carbocycles. The number of sulfonamides is 1. The fraction of sp³-hybridized carbons (Fsp3) is 0.294. The van der Waals surface area contributed by atoms with Crippen LogP contribution in [0.1, 0.15) is 17.7 Å². The van der Waals surface area contributed by atoms with E-state index in [9.17, 15) is 27.6 Å². The molecule has 6 rings (SSSR count). The Balaban J connectivity index is 1.71. The molecule has 2 aliphatic heterocycles. The number of anilines is 1. The second-order valence-corrected chi connectivity index (χ2v) is 13.3. The number of amides is 2. The monoisotopic (exact) mass is 690 g/mol. The lowest BCUT2D eigenvalue weighted by atomic mass is 9.85. The Morgan fingerprint density at radius 3 is 2.20 bits per heavy atom. The lowest BCUT2D eigenvalue weighted by molar-refractivity contribution is -0.145. The van der Waals surface area contributed by atoms with Crippen LogP contribution >= 0.6 is 0 Å². The molecule has 0 spiro atoms. The van der Waals surface area contributed by atoms with Gasteiger partial charge in [0.2, 0.25) is 0 Å². The fourth-order valence-electron chi connectivity index (χ4n) is 7.16. The number of benzene rings is 3. The van der Waals surface area contributed by atoms with Crippen molar-refractivity contribution in [3.63, 3.8) is 0 Å². The van der Waals surface area contributed by atoms with Crippen LogP contribution in [0.15, 0.2) is 89.8 Å². The number of nitrogens with zero attached hydrogens (tertiary/aromatic N) is 3. The number of methoxy groups -OCH3 is 4. The highest BCUT2D eigenvalue weighted by atomic mass is 32.2. The second kappa shape index (κ2) is 12.8. The van der Waals surface area contributed by atoms with Gasteiger partial charge in [-0.15, -0.1) is 0 Å². The second-order valence-electron chi connectivity index (χ2n) is 11.5. The topological polar surface area (TPSA) is 163 Å². The summed E-state index contributed by atoms with van der Waals surface area (Å²) in [6, 6.07) is 21.1. The van der Waals surface area contributed by atoms with Gasteiger partial charge in [0.15, 0.2) is 6.17 Å². The van der Waals surface area contributed by atoms with Crippen LogP contribution in [0.25, 0.3) is 10.9 Å². The number of esters is 2. The molecule has 1 fully saturated rings. The zero-order valence-electron chi connectivity index (χ0n) is 27.1. The summed E-state index contributed by atoms with van der Waals surface area (Å²) in [6.45, 7) is 0. The van der Waals surface area contributed by atoms with Crippen LogP contribution in [0.3, 0.4) is 0 Å². The highest BCUT2D eigenvalue weighted by Gasteiger charge is 2.68. The van der Waals surface area contributed by atoms with E-state index in [1.54, 1.807) is 54.6 Å². The molecule has 0 bridgehead atoms. The summed E-state index contributed by atoms with van der Waals surface area (Å²) in [5.41, 5.74) is 0.318. The Kier molecular flexibility index (Phi) is 8.71. The van der Waals surface area contributed by atoms with Gasteiger partial charge in [-0.1, -0.05) is 54.6 Å². The van der Waals surface area contributed by atoms with Gasteiger partial charge in [0.05, 0.1) is 39.0 Å². The number of rotatable bonds is 8. The van der Waals surface area contributed by atoms with Gasteiger partial charge in [-0.2, -0.15) is 0 Å². The summed E-state index contributed by atoms with van der Waals surface area (Å²) in [7, 11) is 0.250. The zero-order valence-corrected chi connectivity index (χ0v) is 27.9. The summed E-state index contributed by atoms with van der Waals surface area (Å²) >= 11 is 0. The first-order valence-corrected chi connectivity index (χ1v) is 16.6. The molecule has 2 aliphatic rings. The minimum atomic E-state index is -4.42. The average Bonchev–Trinajstić information content (AvgIpc) is 3.76. The van der Waals surface area contributed by atoms with E-state index < -0.39 is 57.9 Å². The van der Waals surface area contributed by atoms with Crippen LogP contribution in [0.5, 0.6) is 0 Å². The standard InChI is InChI=1S/C34H34N4O10S/c1-45-29(39)25(35-32(41)47-3)19-22-18-21-12-8-10-16-26(21)37(22)34-20-28(30(40)46-2)36(33(42)48-4)31(34)38(27-17-11-9-15-24(27)34)49(43,44)23-13-6-5-7-14-23/h5-18,25,28,31H,19-20H2,1-4H3,(H,35,41)/t25-,28-,31-,34-/m0/s1. The Morgan fingerprint density at radius 2 is 1.53 bits per heavy atom. The van der Waals surface area contributed by atoms with E-state index in [4.69, 9.17) is 18.9 Å². The van der Waals surface area contributed by atoms with E-state index in [2.05, 4.69) is 5.32 Å². The first kappa shape index (κ1) is 33.3. The lowest BCUT2D eigenvalue weighted by Crippen LogP contribution is -2.58. The molecule has 256 valence electrons. The predicted molar refractivity (Wildman–Crippen MR) is 175 cm³/mol. The van der Waals surface area contributed by atoms with Gasteiger partial charge >= 0.3 is 24.1 Å². The zero-order chi connectivity index (χ0) is 35.1. The van der Waals surface area contributed by atoms with Crippen LogP contribution in [0, 0.1) is 0 Å². The van der Waals surface area contributed by atoms with Crippen molar-refractivity contribution in [2.45, 2.75) is 41.5 Å². The quantitative estimate of drug-likeness (QED) is 0.214. The molecule has 15 heteroatoms. The SMILES string of the molecule is COC(=O)N[C@@H](Cc1cc2ccccc2n1[C@]12C[C@@H](C(=O)OC)N(C(=O)OC)[C@H]1N(S(=O)(=O)c1ccccc1)c1ccccc12)C(=O)OC. The molecular weight excluding hydrogens is 656 g/mol. The molecule has 0 aliphatic carbocycles. The molecular formula is C34H34N4O10S. The molecule has 0 radical (unpaired) electrons. The molecule has 1 saturated heterocycles. The normalized spacial score (nSPS) is 20.2. The molecule has 3 heterocycles. The fourth-order valence-corrected chi connectivity index (χ4v) is 8.84. The van der Waals surface area contributed by atoms with Gasteiger partial charge in [0.1, 0.15) is 17.6 Å².